The van der Waals surface area contributed by atoms with Gasteiger partial charge in [0.05, 0.1) is 17.8 Å². The van der Waals surface area contributed by atoms with Crippen LogP contribution in [0.15, 0.2) is 10.7 Å². The van der Waals surface area contributed by atoms with Crippen molar-refractivity contribution in [1.29, 1.82) is 0 Å². The van der Waals surface area contributed by atoms with Gasteiger partial charge >= 0.3 is 0 Å². The van der Waals surface area contributed by atoms with E-state index in [9.17, 15) is 0 Å². The van der Waals surface area contributed by atoms with E-state index in [0.29, 0.717) is 17.7 Å². The number of nitrogens with zero attached hydrogens (tertiary/aromatic N) is 2. The highest BCUT2D eigenvalue weighted by atomic mass is 79.9. The molecule has 1 aromatic rings. The molecule has 1 aromatic heterocycles. The van der Waals surface area contributed by atoms with Crippen LogP contribution in [0.4, 0.5) is 5.95 Å². The lowest BCUT2D eigenvalue weighted by Crippen LogP contribution is -2.24. The number of aromatic nitrogens is 2. The predicted octanol–water partition coefficient (Wildman–Crippen LogP) is 3.31. The van der Waals surface area contributed by atoms with Crippen LogP contribution >= 0.6 is 27.5 Å². The second-order valence-electron chi connectivity index (χ2n) is 4.51. The van der Waals surface area contributed by atoms with Crippen molar-refractivity contribution in [2.24, 2.45) is 5.41 Å². The summed E-state index contributed by atoms with van der Waals surface area (Å²) in [4.78, 5) is 8.40. The molecule has 4 nitrogen and oxygen atoms in total. The van der Waals surface area contributed by atoms with Gasteiger partial charge in [0.15, 0.2) is 0 Å². The topological polar surface area (TPSA) is 47.0 Å². The van der Waals surface area contributed by atoms with E-state index < -0.39 is 0 Å². The van der Waals surface area contributed by atoms with Crippen LogP contribution in [0.5, 0.6) is 5.88 Å². The number of anilines is 1. The smallest absolute Gasteiger partial charge is 0.232 e. The van der Waals surface area contributed by atoms with Crippen LogP contribution in [0.25, 0.3) is 0 Å². The molecule has 96 valence electrons. The summed E-state index contributed by atoms with van der Waals surface area (Å²) in [5, 5.41) is 3.19. The summed E-state index contributed by atoms with van der Waals surface area (Å²) in [7, 11) is 1.58. The average molecular weight is 323 g/mol. The van der Waals surface area contributed by atoms with Gasteiger partial charge in [-0.15, -0.1) is 11.6 Å². The summed E-state index contributed by atoms with van der Waals surface area (Å²) >= 11 is 9.06. The van der Waals surface area contributed by atoms with E-state index in [1.807, 2.05) is 0 Å². The lowest BCUT2D eigenvalue weighted by molar-refractivity contribution is 0.376. The molecule has 0 saturated carbocycles. The SMILES string of the molecule is COc1nc(NCC(C)(C)CCCl)ncc1Br. The molecule has 0 bridgehead atoms. The molecule has 0 aromatic carbocycles. The highest BCUT2D eigenvalue weighted by molar-refractivity contribution is 9.10. The van der Waals surface area contributed by atoms with Crippen molar-refractivity contribution in [3.8, 4) is 5.88 Å². The lowest BCUT2D eigenvalue weighted by Gasteiger charge is -2.23. The number of alkyl halides is 1. The van der Waals surface area contributed by atoms with Crippen LogP contribution < -0.4 is 10.1 Å². The Morgan fingerprint density at radius 2 is 2.24 bits per heavy atom. The highest BCUT2D eigenvalue weighted by Gasteiger charge is 2.17. The van der Waals surface area contributed by atoms with Crippen LogP contribution in [0.3, 0.4) is 0 Å². The van der Waals surface area contributed by atoms with Crippen molar-refractivity contribution in [3.63, 3.8) is 0 Å². The molecule has 6 heteroatoms. The molecule has 0 aliphatic heterocycles. The van der Waals surface area contributed by atoms with Gasteiger partial charge in [-0.2, -0.15) is 4.98 Å². The lowest BCUT2D eigenvalue weighted by atomic mass is 9.90. The number of rotatable bonds is 6. The van der Waals surface area contributed by atoms with E-state index in [-0.39, 0.29) is 5.41 Å². The van der Waals surface area contributed by atoms with Gasteiger partial charge in [-0.1, -0.05) is 13.8 Å². The summed E-state index contributed by atoms with van der Waals surface area (Å²) in [5.74, 6) is 1.74. The molecule has 0 spiro atoms. The molecule has 0 saturated heterocycles. The van der Waals surface area contributed by atoms with E-state index in [4.69, 9.17) is 16.3 Å². The summed E-state index contributed by atoms with van der Waals surface area (Å²) in [6, 6.07) is 0. The molecular weight excluding hydrogens is 305 g/mol. The molecule has 17 heavy (non-hydrogen) atoms. The first kappa shape index (κ1) is 14.5. The minimum absolute atomic E-state index is 0.116. The van der Waals surface area contributed by atoms with Gasteiger partial charge in [-0.25, -0.2) is 4.98 Å². The summed E-state index contributed by atoms with van der Waals surface area (Å²) in [5.41, 5.74) is 0.116. The van der Waals surface area contributed by atoms with Crippen LogP contribution in [-0.2, 0) is 0 Å². The second kappa shape index (κ2) is 6.40. The van der Waals surface area contributed by atoms with Gasteiger partial charge in [0.1, 0.15) is 0 Å². The maximum Gasteiger partial charge on any atom is 0.232 e. The average Bonchev–Trinajstić information content (AvgIpc) is 2.28. The summed E-state index contributed by atoms with van der Waals surface area (Å²) in [6.45, 7) is 5.07. The standard InChI is InChI=1S/C11H17BrClN3O/c1-11(2,4-5-13)7-15-10-14-6-8(12)9(16-10)17-3/h6H,4-5,7H2,1-3H3,(H,14,15,16). The zero-order valence-corrected chi connectivity index (χ0v) is 12.6. The van der Waals surface area contributed by atoms with Crippen molar-refractivity contribution in [3.05, 3.63) is 10.7 Å². The third-order valence-electron chi connectivity index (χ3n) is 2.40. The van der Waals surface area contributed by atoms with E-state index in [0.717, 1.165) is 17.4 Å². The Labute approximate surface area is 115 Å². The Kier molecular flexibility index (Phi) is 5.46. The van der Waals surface area contributed by atoms with Crippen LogP contribution in [0.2, 0.25) is 0 Å². The van der Waals surface area contributed by atoms with Gasteiger partial charge in [-0.3, -0.25) is 0 Å². The van der Waals surface area contributed by atoms with Crippen molar-refractivity contribution in [1.82, 2.24) is 9.97 Å². The van der Waals surface area contributed by atoms with Gasteiger partial charge in [0, 0.05) is 12.4 Å². The van der Waals surface area contributed by atoms with Crippen molar-refractivity contribution in [2.45, 2.75) is 20.3 Å². The van der Waals surface area contributed by atoms with Gasteiger partial charge in [-0.05, 0) is 27.8 Å². The Morgan fingerprint density at radius 1 is 1.53 bits per heavy atom. The van der Waals surface area contributed by atoms with E-state index in [1.165, 1.54) is 0 Å². The Bertz CT molecular complexity index is 374. The molecule has 1 N–H and O–H groups in total. The van der Waals surface area contributed by atoms with Gasteiger partial charge in [0.25, 0.3) is 0 Å². The van der Waals surface area contributed by atoms with Crippen molar-refractivity contribution < 1.29 is 4.74 Å². The van der Waals surface area contributed by atoms with Gasteiger partial charge in [0.2, 0.25) is 11.8 Å². The number of methoxy groups -OCH3 is 1. The molecule has 0 radical (unpaired) electrons. The largest absolute Gasteiger partial charge is 0.480 e. The van der Waals surface area contributed by atoms with Crippen LogP contribution in [0.1, 0.15) is 20.3 Å². The second-order valence-corrected chi connectivity index (χ2v) is 5.74. The van der Waals surface area contributed by atoms with E-state index >= 15 is 0 Å². The minimum atomic E-state index is 0.116. The normalized spacial score (nSPS) is 11.4. The quantitative estimate of drug-likeness (QED) is 0.816. The maximum atomic E-state index is 5.75. The first-order chi connectivity index (χ1) is 7.98. The molecule has 0 amide bonds. The molecule has 0 aliphatic carbocycles. The van der Waals surface area contributed by atoms with Crippen molar-refractivity contribution >= 4 is 33.5 Å². The zero-order chi connectivity index (χ0) is 12.9. The number of hydrogen-bond acceptors (Lipinski definition) is 4. The number of halogens is 2. The molecular formula is C11H17BrClN3O. The fourth-order valence-corrected chi connectivity index (χ4v) is 2.11. The maximum absolute atomic E-state index is 5.75. The number of ether oxygens (including phenoxy) is 1. The third-order valence-corrected chi connectivity index (χ3v) is 3.13. The Balaban J connectivity index is 2.63. The van der Waals surface area contributed by atoms with Gasteiger partial charge < -0.3 is 10.1 Å². The number of nitrogens with one attached hydrogen (secondary N) is 1. The molecule has 0 unspecified atom stereocenters. The fourth-order valence-electron chi connectivity index (χ4n) is 1.24. The minimum Gasteiger partial charge on any atom is -0.480 e. The third kappa shape index (κ3) is 4.68. The first-order valence-electron chi connectivity index (χ1n) is 5.35. The van der Waals surface area contributed by atoms with Crippen molar-refractivity contribution in [2.75, 3.05) is 24.9 Å². The van der Waals surface area contributed by atoms with E-state index in [2.05, 4.69) is 45.1 Å². The van der Waals surface area contributed by atoms with Crippen LogP contribution in [0, 0.1) is 5.41 Å². The first-order valence-corrected chi connectivity index (χ1v) is 6.67. The van der Waals surface area contributed by atoms with Crippen LogP contribution in [-0.4, -0.2) is 29.5 Å². The molecule has 0 atom stereocenters. The molecule has 0 fully saturated rings. The highest BCUT2D eigenvalue weighted by Crippen LogP contribution is 2.24. The zero-order valence-electron chi connectivity index (χ0n) is 10.3. The monoisotopic (exact) mass is 321 g/mol. The summed E-state index contributed by atoms with van der Waals surface area (Å²) in [6.07, 6.45) is 2.61. The van der Waals surface area contributed by atoms with E-state index in [1.54, 1.807) is 13.3 Å². The predicted molar refractivity (Wildman–Crippen MR) is 73.9 cm³/mol. The summed E-state index contributed by atoms with van der Waals surface area (Å²) < 4.78 is 5.85. The molecule has 1 heterocycles. The Morgan fingerprint density at radius 3 is 2.82 bits per heavy atom. The Hall–Kier alpha value is -0.550. The molecule has 0 aliphatic rings. The molecule has 1 rings (SSSR count). The fraction of sp³-hybridized carbons (Fsp3) is 0.636. The number of hydrogen-bond donors (Lipinski definition) is 1.